The number of hydrogen-bond acceptors (Lipinski definition) is 2. The Bertz CT molecular complexity index is 445. The lowest BCUT2D eigenvalue weighted by molar-refractivity contribution is -0.0950. The Labute approximate surface area is 121 Å². The Morgan fingerprint density at radius 1 is 1.25 bits per heavy atom. The Kier molecular flexibility index (Phi) is 4.65. The van der Waals surface area contributed by atoms with E-state index < -0.39 is 0 Å². The molecule has 0 aliphatic carbocycles. The topological polar surface area (TPSA) is 32.8 Å². The SMILES string of the molecule is CC(C)[C@H]1CN(C(=O)N(C)C)C[C@@H](c2ccccc2)O1. The van der Waals surface area contributed by atoms with E-state index in [1.165, 1.54) is 0 Å². The molecule has 2 atom stereocenters. The molecule has 1 heterocycles. The van der Waals surface area contributed by atoms with E-state index >= 15 is 0 Å². The first-order valence-electron chi connectivity index (χ1n) is 7.15. The monoisotopic (exact) mass is 276 g/mol. The summed E-state index contributed by atoms with van der Waals surface area (Å²) in [5, 5.41) is 0. The zero-order valence-corrected chi connectivity index (χ0v) is 12.7. The molecule has 1 aliphatic heterocycles. The van der Waals surface area contributed by atoms with Crippen LogP contribution in [0.15, 0.2) is 30.3 Å². The Morgan fingerprint density at radius 3 is 2.45 bits per heavy atom. The highest BCUT2D eigenvalue weighted by molar-refractivity contribution is 5.74. The average Bonchev–Trinajstić information content (AvgIpc) is 2.46. The van der Waals surface area contributed by atoms with Gasteiger partial charge in [-0.1, -0.05) is 44.2 Å². The maximum atomic E-state index is 12.2. The summed E-state index contributed by atoms with van der Waals surface area (Å²) in [6.07, 6.45) is 0.0408. The first kappa shape index (κ1) is 14.9. The van der Waals surface area contributed by atoms with Crippen molar-refractivity contribution in [3.63, 3.8) is 0 Å². The fourth-order valence-electron chi connectivity index (χ4n) is 2.45. The van der Waals surface area contributed by atoms with Gasteiger partial charge in [0.2, 0.25) is 0 Å². The zero-order chi connectivity index (χ0) is 14.7. The zero-order valence-electron chi connectivity index (χ0n) is 12.7. The molecule has 0 bridgehead atoms. The van der Waals surface area contributed by atoms with Crippen LogP contribution in [0.25, 0.3) is 0 Å². The normalized spacial score (nSPS) is 22.9. The lowest BCUT2D eigenvalue weighted by atomic mass is 10.0. The van der Waals surface area contributed by atoms with Gasteiger partial charge in [-0.05, 0) is 11.5 Å². The number of nitrogens with zero attached hydrogens (tertiary/aromatic N) is 2. The van der Waals surface area contributed by atoms with Crippen LogP contribution >= 0.6 is 0 Å². The second kappa shape index (κ2) is 6.27. The number of ether oxygens (including phenoxy) is 1. The van der Waals surface area contributed by atoms with E-state index in [1.54, 1.807) is 19.0 Å². The van der Waals surface area contributed by atoms with Gasteiger partial charge in [-0.2, -0.15) is 0 Å². The van der Waals surface area contributed by atoms with Gasteiger partial charge in [0.15, 0.2) is 0 Å². The van der Waals surface area contributed by atoms with E-state index in [-0.39, 0.29) is 18.2 Å². The molecule has 4 heteroatoms. The van der Waals surface area contributed by atoms with Crippen molar-refractivity contribution < 1.29 is 9.53 Å². The lowest BCUT2D eigenvalue weighted by Crippen LogP contribution is -2.51. The minimum absolute atomic E-state index is 0.0405. The molecule has 0 spiro atoms. The third kappa shape index (κ3) is 3.31. The summed E-state index contributed by atoms with van der Waals surface area (Å²) >= 11 is 0. The van der Waals surface area contributed by atoms with Crippen LogP contribution in [0.1, 0.15) is 25.5 Å². The number of carbonyl (C=O) groups excluding carboxylic acids is 1. The molecule has 1 saturated heterocycles. The van der Waals surface area contributed by atoms with Crippen LogP contribution in [0, 0.1) is 5.92 Å². The summed E-state index contributed by atoms with van der Waals surface area (Å²) in [5.74, 6) is 0.388. The Balaban J connectivity index is 2.19. The van der Waals surface area contributed by atoms with Crippen molar-refractivity contribution >= 4 is 6.03 Å². The standard InChI is InChI=1S/C16H24N2O2/c1-12(2)14-10-18(16(19)17(3)4)11-15(20-14)13-8-6-5-7-9-13/h5-9,12,14-15H,10-11H2,1-4H3/t14-,15+/m1/s1. The number of benzene rings is 1. The number of rotatable bonds is 2. The Morgan fingerprint density at radius 2 is 1.90 bits per heavy atom. The van der Waals surface area contributed by atoms with Gasteiger partial charge in [-0.15, -0.1) is 0 Å². The highest BCUT2D eigenvalue weighted by atomic mass is 16.5. The second-order valence-electron chi connectivity index (χ2n) is 5.90. The minimum Gasteiger partial charge on any atom is -0.366 e. The van der Waals surface area contributed by atoms with Crippen LogP contribution in [0.4, 0.5) is 4.79 Å². The molecule has 1 aromatic carbocycles. The van der Waals surface area contributed by atoms with Crippen LogP contribution in [-0.4, -0.2) is 49.1 Å². The molecule has 4 nitrogen and oxygen atoms in total. The molecular weight excluding hydrogens is 252 g/mol. The number of morpholine rings is 1. The van der Waals surface area contributed by atoms with Crippen LogP contribution < -0.4 is 0 Å². The smallest absolute Gasteiger partial charge is 0.319 e. The molecule has 0 N–H and O–H groups in total. The van der Waals surface area contributed by atoms with E-state index in [1.807, 2.05) is 23.1 Å². The molecule has 1 aliphatic rings. The van der Waals surface area contributed by atoms with E-state index in [9.17, 15) is 4.79 Å². The Hall–Kier alpha value is -1.55. The van der Waals surface area contributed by atoms with Crippen LogP contribution in [0.2, 0.25) is 0 Å². The number of carbonyl (C=O) groups is 1. The highest BCUT2D eigenvalue weighted by Crippen LogP contribution is 2.28. The lowest BCUT2D eigenvalue weighted by Gasteiger charge is -2.40. The summed E-state index contributed by atoms with van der Waals surface area (Å²) in [6, 6.07) is 10.2. The average molecular weight is 276 g/mol. The molecule has 20 heavy (non-hydrogen) atoms. The molecule has 0 aromatic heterocycles. The first-order valence-corrected chi connectivity index (χ1v) is 7.15. The van der Waals surface area contributed by atoms with Crippen LogP contribution in [0.5, 0.6) is 0 Å². The van der Waals surface area contributed by atoms with Crippen molar-refractivity contribution in [3.8, 4) is 0 Å². The molecule has 1 fully saturated rings. The molecule has 2 rings (SSSR count). The molecule has 2 amide bonds. The van der Waals surface area contributed by atoms with Crippen LogP contribution in [0.3, 0.4) is 0 Å². The fourth-order valence-corrected chi connectivity index (χ4v) is 2.45. The maximum absolute atomic E-state index is 12.2. The largest absolute Gasteiger partial charge is 0.366 e. The maximum Gasteiger partial charge on any atom is 0.319 e. The van der Waals surface area contributed by atoms with Gasteiger partial charge in [0.05, 0.1) is 12.6 Å². The molecule has 0 radical (unpaired) electrons. The third-order valence-corrected chi connectivity index (χ3v) is 3.69. The van der Waals surface area contributed by atoms with Crippen molar-refractivity contribution in [3.05, 3.63) is 35.9 Å². The number of urea groups is 1. The van der Waals surface area contributed by atoms with Crippen LogP contribution in [-0.2, 0) is 4.74 Å². The van der Waals surface area contributed by atoms with Crippen molar-refractivity contribution in [1.82, 2.24) is 9.80 Å². The fraction of sp³-hybridized carbons (Fsp3) is 0.562. The molecule has 0 unspecified atom stereocenters. The first-order chi connectivity index (χ1) is 9.49. The summed E-state index contributed by atoms with van der Waals surface area (Å²) in [5.41, 5.74) is 1.13. The minimum atomic E-state index is -0.0405. The predicted molar refractivity (Wildman–Crippen MR) is 79.6 cm³/mol. The van der Waals surface area contributed by atoms with Gasteiger partial charge in [0, 0.05) is 20.6 Å². The van der Waals surface area contributed by atoms with E-state index in [0.717, 1.165) is 5.56 Å². The quantitative estimate of drug-likeness (QED) is 0.832. The van der Waals surface area contributed by atoms with Gasteiger partial charge in [-0.3, -0.25) is 0 Å². The summed E-state index contributed by atoms with van der Waals surface area (Å²) in [7, 11) is 3.58. The van der Waals surface area contributed by atoms with Gasteiger partial charge < -0.3 is 14.5 Å². The van der Waals surface area contributed by atoms with Crippen molar-refractivity contribution in [2.75, 3.05) is 27.2 Å². The second-order valence-corrected chi connectivity index (χ2v) is 5.90. The van der Waals surface area contributed by atoms with Crippen molar-refractivity contribution in [1.29, 1.82) is 0 Å². The number of amides is 2. The predicted octanol–water partition coefficient (Wildman–Crippen LogP) is 2.77. The number of hydrogen-bond donors (Lipinski definition) is 0. The molecular formula is C16H24N2O2. The molecule has 1 aromatic rings. The summed E-state index contributed by atoms with van der Waals surface area (Å²) < 4.78 is 6.18. The van der Waals surface area contributed by atoms with Crippen molar-refractivity contribution in [2.45, 2.75) is 26.1 Å². The van der Waals surface area contributed by atoms with Gasteiger partial charge >= 0.3 is 6.03 Å². The van der Waals surface area contributed by atoms with Gasteiger partial charge in [-0.25, -0.2) is 4.79 Å². The summed E-state index contributed by atoms with van der Waals surface area (Å²) in [6.45, 7) is 5.55. The summed E-state index contributed by atoms with van der Waals surface area (Å²) in [4.78, 5) is 15.8. The van der Waals surface area contributed by atoms with Crippen molar-refractivity contribution in [2.24, 2.45) is 5.92 Å². The van der Waals surface area contributed by atoms with Gasteiger partial charge in [0.25, 0.3) is 0 Å². The van der Waals surface area contributed by atoms with E-state index in [0.29, 0.717) is 19.0 Å². The molecule has 0 saturated carbocycles. The van der Waals surface area contributed by atoms with Gasteiger partial charge in [0.1, 0.15) is 6.10 Å². The van der Waals surface area contributed by atoms with E-state index in [2.05, 4.69) is 26.0 Å². The highest BCUT2D eigenvalue weighted by Gasteiger charge is 2.33. The van der Waals surface area contributed by atoms with E-state index in [4.69, 9.17) is 4.74 Å². The molecule has 110 valence electrons. The third-order valence-electron chi connectivity index (χ3n) is 3.69.